The molecule has 0 unspecified atom stereocenters. The van der Waals surface area contributed by atoms with Crippen LogP contribution in [0.25, 0.3) is 0 Å². The number of hydrogen-bond acceptors (Lipinski definition) is 3. The predicted molar refractivity (Wildman–Crippen MR) is 76.2 cm³/mol. The fourth-order valence-corrected chi connectivity index (χ4v) is 3.17. The predicted octanol–water partition coefficient (Wildman–Crippen LogP) is 3.64. The summed E-state index contributed by atoms with van der Waals surface area (Å²) in [7, 11) is -4.09. The standard InChI is InChI=1S/C12H9Cl2FN2O2S/c1-7-9(5-6-11(14)16-7)17-20(18,19)10-4-2-3-8(13)12(10)15/h2-6,17H,1H3. The molecule has 20 heavy (non-hydrogen) atoms. The minimum absolute atomic E-state index is 0.216. The Kier molecular flexibility index (Phi) is 4.17. The highest BCUT2D eigenvalue weighted by atomic mass is 35.5. The van der Waals surface area contributed by atoms with E-state index >= 15 is 0 Å². The number of hydrogen-bond donors (Lipinski definition) is 1. The summed E-state index contributed by atoms with van der Waals surface area (Å²) in [6.45, 7) is 1.58. The Morgan fingerprint density at radius 1 is 1.20 bits per heavy atom. The van der Waals surface area contributed by atoms with E-state index in [2.05, 4.69) is 9.71 Å². The van der Waals surface area contributed by atoms with E-state index in [1.54, 1.807) is 6.92 Å². The van der Waals surface area contributed by atoms with Gasteiger partial charge in [-0.3, -0.25) is 4.72 Å². The zero-order chi connectivity index (χ0) is 14.9. The number of aromatic nitrogens is 1. The molecule has 1 heterocycles. The van der Waals surface area contributed by atoms with Crippen molar-refractivity contribution >= 4 is 38.9 Å². The highest BCUT2D eigenvalue weighted by Gasteiger charge is 2.21. The molecule has 0 saturated carbocycles. The zero-order valence-electron chi connectivity index (χ0n) is 10.2. The fourth-order valence-electron chi connectivity index (χ4n) is 1.53. The molecule has 0 atom stereocenters. The second kappa shape index (κ2) is 5.55. The summed E-state index contributed by atoms with van der Waals surface area (Å²) in [5.74, 6) is -0.999. The smallest absolute Gasteiger partial charge is 0.264 e. The highest BCUT2D eigenvalue weighted by molar-refractivity contribution is 7.92. The number of nitrogens with one attached hydrogen (secondary N) is 1. The van der Waals surface area contributed by atoms with Gasteiger partial charge in [0.15, 0.2) is 5.82 Å². The Morgan fingerprint density at radius 2 is 1.90 bits per heavy atom. The highest BCUT2D eigenvalue weighted by Crippen LogP contribution is 2.25. The van der Waals surface area contributed by atoms with Crippen LogP contribution in [-0.4, -0.2) is 13.4 Å². The van der Waals surface area contributed by atoms with E-state index in [-0.39, 0.29) is 15.9 Å². The van der Waals surface area contributed by atoms with Crippen molar-refractivity contribution in [3.05, 3.63) is 52.0 Å². The third kappa shape index (κ3) is 3.03. The molecule has 2 aromatic rings. The van der Waals surface area contributed by atoms with Gasteiger partial charge in [0.2, 0.25) is 0 Å². The van der Waals surface area contributed by atoms with E-state index in [4.69, 9.17) is 23.2 Å². The molecule has 106 valence electrons. The maximum Gasteiger partial charge on any atom is 0.264 e. The molecule has 0 radical (unpaired) electrons. The topological polar surface area (TPSA) is 59.1 Å². The van der Waals surface area contributed by atoms with Gasteiger partial charge in [0, 0.05) is 0 Å². The first kappa shape index (κ1) is 15.0. The number of rotatable bonds is 3. The molecular weight excluding hydrogens is 326 g/mol. The number of pyridine rings is 1. The molecule has 8 heteroatoms. The monoisotopic (exact) mass is 334 g/mol. The van der Waals surface area contributed by atoms with E-state index in [0.717, 1.165) is 6.07 Å². The molecule has 0 spiro atoms. The molecule has 1 aromatic carbocycles. The first-order valence-corrected chi connectivity index (χ1v) is 7.65. The lowest BCUT2D eigenvalue weighted by molar-refractivity contribution is 0.570. The molecule has 2 rings (SSSR count). The largest absolute Gasteiger partial charge is 0.278 e. The molecule has 0 aliphatic carbocycles. The molecule has 0 fully saturated rings. The van der Waals surface area contributed by atoms with E-state index in [9.17, 15) is 12.8 Å². The molecule has 0 aliphatic heterocycles. The third-order valence-electron chi connectivity index (χ3n) is 2.50. The number of halogens is 3. The fraction of sp³-hybridized carbons (Fsp3) is 0.0833. The van der Waals surface area contributed by atoms with Gasteiger partial charge >= 0.3 is 0 Å². The summed E-state index contributed by atoms with van der Waals surface area (Å²) in [6, 6.07) is 6.63. The molecule has 4 nitrogen and oxygen atoms in total. The number of anilines is 1. The van der Waals surface area contributed by atoms with Crippen molar-refractivity contribution in [1.82, 2.24) is 4.98 Å². The van der Waals surface area contributed by atoms with Gasteiger partial charge in [0.05, 0.1) is 16.4 Å². The molecule has 0 aliphatic rings. The summed E-state index contributed by atoms with van der Waals surface area (Å²) >= 11 is 11.3. The SMILES string of the molecule is Cc1nc(Cl)ccc1NS(=O)(=O)c1cccc(Cl)c1F. The second-order valence-electron chi connectivity index (χ2n) is 3.92. The minimum atomic E-state index is -4.09. The van der Waals surface area contributed by atoms with Crippen molar-refractivity contribution < 1.29 is 12.8 Å². The molecule has 1 aromatic heterocycles. The van der Waals surface area contributed by atoms with Crippen LogP contribution in [0.15, 0.2) is 35.2 Å². The first-order chi connectivity index (χ1) is 9.31. The zero-order valence-corrected chi connectivity index (χ0v) is 12.5. The van der Waals surface area contributed by atoms with Gasteiger partial charge in [-0.25, -0.2) is 17.8 Å². The summed E-state index contributed by atoms with van der Waals surface area (Å²) in [4.78, 5) is 3.38. The van der Waals surface area contributed by atoms with Crippen LogP contribution in [0, 0.1) is 12.7 Å². The van der Waals surface area contributed by atoms with E-state index < -0.39 is 20.7 Å². The van der Waals surface area contributed by atoms with E-state index in [0.29, 0.717) is 5.69 Å². The number of benzene rings is 1. The van der Waals surface area contributed by atoms with Gasteiger partial charge < -0.3 is 0 Å². The van der Waals surface area contributed by atoms with Gasteiger partial charge in [-0.2, -0.15) is 0 Å². The van der Waals surface area contributed by atoms with Gasteiger partial charge in [-0.15, -0.1) is 0 Å². The number of aryl methyl sites for hydroxylation is 1. The first-order valence-electron chi connectivity index (χ1n) is 5.41. The van der Waals surface area contributed by atoms with Crippen molar-refractivity contribution in [2.75, 3.05) is 4.72 Å². The van der Waals surface area contributed by atoms with Crippen LogP contribution in [0.3, 0.4) is 0 Å². The van der Waals surface area contributed by atoms with Crippen LogP contribution in [0.5, 0.6) is 0 Å². The van der Waals surface area contributed by atoms with Crippen molar-refractivity contribution in [2.24, 2.45) is 0 Å². The van der Waals surface area contributed by atoms with E-state index in [1.807, 2.05) is 0 Å². The van der Waals surface area contributed by atoms with Gasteiger partial charge in [0.25, 0.3) is 10.0 Å². The summed E-state index contributed by atoms with van der Waals surface area (Å²) < 4.78 is 40.3. The lowest BCUT2D eigenvalue weighted by atomic mass is 10.3. The summed E-state index contributed by atoms with van der Waals surface area (Å²) in [5.41, 5.74) is 0.595. The van der Waals surface area contributed by atoms with Crippen LogP contribution < -0.4 is 4.72 Å². The average Bonchev–Trinajstić information content (AvgIpc) is 2.36. The Hall–Kier alpha value is -1.37. The quantitative estimate of drug-likeness (QED) is 0.872. The van der Waals surface area contributed by atoms with Crippen LogP contribution in [0.2, 0.25) is 10.2 Å². The molecule has 0 amide bonds. The Balaban J connectivity index is 2.44. The number of sulfonamides is 1. The maximum absolute atomic E-state index is 13.8. The Morgan fingerprint density at radius 3 is 2.55 bits per heavy atom. The normalized spacial score (nSPS) is 11.4. The summed E-state index contributed by atoms with van der Waals surface area (Å²) in [5, 5.41) is -0.0294. The summed E-state index contributed by atoms with van der Waals surface area (Å²) in [6.07, 6.45) is 0. The third-order valence-corrected chi connectivity index (χ3v) is 4.39. The van der Waals surface area contributed by atoms with Crippen molar-refractivity contribution in [3.8, 4) is 0 Å². The lowest BCUT2D eigenvalue weighted by Gasteiger charge is -2.11. The molecule has 0 bridgehead atoms. The van der Waals surface area contributed by atoms with Gasteiger partial charge in [0.1, 0.15) is 10.0 Å². The van der Waals surface area contributed by atoms with Crippen LogP contribution in [0.1, 0.15) is 5.69 Å². The van der Waals surface area contributed by atoms with Crippen molar-refractivity contribution in [2.45, 2.75) is 11.8 Å². The van der Waals surface area contributed by atoms with E-state index in [1.165, 1.54) is 24.3 Å². The maximum atomic E-state index is 13.8. The molecule has 0 saturated heterocycles. The Labute approximate surface area is 125 Å². The van der Waals surface area contributed by atoms with Crippen LogP contribution >= 0.6 is 23.2 Å². The van der Waals surface area contributed by atoms with Gasteiger partial charge in [-0.05, 0) is 31.2 Å². The van der Waals surface area contributed by atoms with Gasteiger partial charge in [-0.1, -0.05) is 29.3 Å². The second-order valence-corrected chi connectivity index (χ2v) is 6.37. The van der Waals surface area contributed by atoms with Crippen molar-refractivity contribution in [1.29, 1.82) is 0 Å². The molecular formula is C12H9Cl2FN2O2S. The van der Waals surface area contributed by atoms with Crippen LogP contribution in [0.4, 0.5) is 10.1 Å². The van der Waals surface area contributed by atoms with Crippen LogP contribution in [-0.2, 0) is 10.0 Å². The number of nitrogens with zero attached hydrogens (tertiary/aromatic N) is 1. The Bertz CT molecular complexity index is 766. The average molecular weight is 335 g/mol. The van der Waals surface area contributed by atoms with Crippen molar-refractivity contribution in [3.63, 3.8) is 0 Å². The minimum Gasteiger partial charge on any atom is -0.278 e. The molecule has 1 N–H and O–H groups in total. The lowest BCUT2D eigenvalue weighted by Crippen LogP contribution is -2.15.